The summed E-state index contributed by atoms with van der Waals surface area (Å²) in [6.07, 6.45) is 1.59. The molecule has 0 N–H and O–H groups in total. The van der Waals surface area contributed by atoms with Gasteiger partial charge in [-0.3, -0.25) is 14.2 Å². The van der Waals surface area contributed by atoms with Crippen molar-refractivity contribution < 1.29 is 18.7 Å². The molecule has 1 atom stereocenters. The van der Waals surface area contributed by atoms with Crippen molar-refractivity contribution in [2.75, 3.05) is 31.7 Å². The highest BCUT2D eigenvalue weighted by molar-refractivity contribution is 8.00. The summed E-state index contributed by atoms with van der Waals surface area (Å²) in [5.74, 6) is 1.96. The van der Waals surface area contributed by atoms with Crippen LogP contribution in [0.25, 0.3) is 11.6 Å². The summed E-state index contributed by atoms with van der Waals surface area (Å²) in [6.45, 7) is 3.68. The van der Waals surface area contributed by atoms with Gasteiger partial charge in [0.2, 0.25) is 5.91 Å². The largest absolute Gasteiger partial charge is 0.468 e. The van der Waals surface area contributed by atoms with E-state index >= 15 is 0 Å². The van der Waals surface area contributed by atoms with E-state index in [1.165, 1.54) is 30.6 Å². The van der Waals surface area contributed by atoms with E-state index in [2.05, 4.69) is 10.2 Å². The number of furan rings is 1. The van der Waals surface area contributed by atoms with Crippen LogP contribution < -0.4 is 0 Å². The quantitative estimate of drug-likeness (QED) is 0.539. The van der Waals surface area contributed by atoms with Crippen molar-refractivity contribution in [3.63, 3.8) is 0 Å². The summed E-state index contributed by atoms with van der Waals surface area (Å²) >= 11 is 2.87. The highest BCUT2D eigenvalue weighted by Gasteiger charge is 2.29. The minimum atomic E-state index is -0.312. The second-order valence-corrected chi connectivity index (χ2v) is 7.79. The third-order valence-corrected chi connectivity index (χ3v) is 6.10. The number of hydrogen-bond acceptors (Lipinski definition) is 8. The molecule has 0 unspecified atom stereocenters. The first-order chi connectivity index (χ1) is 12.6. The van der Waals surface area contributed by atoms with Crippen LogP contribution in [0.1, 0.15) is 6.92 Å². The molecule has 26 heavy (non-hydrogen) atoms. The van der Waals surface area contributed by atoms with Crippen molar-refractivity contribution in [3.05, 3.63) is 18.4 Å². The molecule has 3 heterocycles. The molecule has 1 saturated heterocycles. The molecule has 3 rings (SSSR count). The van der Waals surface area contributed by atoms with E-state index in [1.54, 1.807) is 17.2 Å². The Labute approximate surface area is 159 Å². The number of nitrogens with zero attached hydrogens (tertiary/aromatic N) is 4. The van der Waals surface area contributed by atoms with Crippen LogP contribution in [0, 0.1) is 0 Å². The molecule has 1 aliphatic rings. The fourth-order valence-electron chi connectivity index (χ4n) is 2.64. The summed E-state index contributed by atoms with van der Waals surface area (Å²) in [7, 11) is 1.37. The van der Waals surface area contributed by atoms with Crippen LogP contribution in [0.15, 0.2) is 28.0 Å². The van der Waals surface area contributed by atoms with Gasteiger partial charge in [-0.15, -0.1) is 22.0 Å². The molecule has 1 fully saturated rings. The number of aromatic nitrogens is 3. The van der Waals surface area contributed by atoms with Crippen molar-refractivity contribution in [3.8, 4) is 11.6 Å². The summed E-state index contributed by atoms with van der Waals surface area (Å²) in [4.78, 5) is 25.9. The smallest absolute Gasteiger partial charge is 0.320 e. The normalized spacial score (nSPS) is 17.3. The summed E-state index contributed by atoms with van der Waals surface area (Å²) in [5.41, 5.74) is 0. The highest BCUT2D eigenvalue weighted by Crippen LogP contribution is 2.25. The monoisotopic (exact) mass is 396 g/mol. The fraction of sp³-hybridized carbons (Fsp3) is 0.500. The Bertz CT molecular complexity index is 762. The van der Waals surface area contributed by atoms with E-state index in [1.807, 2.05) is 17.6 Å². The first-order valence-corrected chi connectivity index (χ1v) is 10.2. The zero-order valence-electron chi connectivity index (χ0n) is 14.6. The minimum Gasteiger partial charge on any atom is -0.468 e. The molecule has 0 saturated carbocycles. The lowest BCUT2D eigenvalue weighted by Crippen LogP contribution is -2.45. The van der Waals surface area contributed by atoms with Gasteiger partial charge in [-0.2, -0.15) is 0 Å². The van der Waals surface area contributed by atoms with Crippen LogP contribution in [0.4, 0.5) is 0 Å². The van der Waals surface area contributed by atoms with Crippen LogP contribution in [0.5, 0.6) is 0 Å². The van der Waals surface area contributed by atoms with E-state index in [-0.39, 0.29) is 22.9 Å². The molecule has 0 spiro atoms. The first kappa shape index (κ1) is 18.8. The Morgan fingerprint density at radius 2 is 2.31 bits per heavy atom. The van der Waals surface area contributed by atoms with Crippen LogP contribution in [0.3, 0.4) is 0 Å². The van der Waals surface area contributed by atoms with Crippen LogP contribution in [-0.2, 0) is 20.9 Å². The van der Waals surface area contributed by atoms with Gasteiger partial charge >= 0.3 is 5.97 Å². The van der Waals surface area contributed by atoms with Crippen molar-refractivity contribution in [2.45, 2.75) is 23.9 Å². The van der Waals surface area contributed by atoms with Gasteiger partial charge in [0.15, 0.2) is 16.7 Å². The molecular formula is C16H20N4O4S2. The van der Waals surface area contributed by atoms with Gasteiger partial charge in [0.1, 0.15) is 5.25 Å². The number of carbonyl (C=O) groups is 2. The van der Waals surface area contributed by atoms with E-state index < -0.39 is 0 Å². The third-order valence-electron chi connectivity index (χ3n) is 3.98. The topological polar surface area (TPSA) is 90.5 Å². The molecule has 1 aliphatic heterocycles. The Kier molecular flexibility index (Phi) is 6.25. The summed E-state index contributed by atoms with van der Waals surface area (Å²) in [5, 5.41) is 8.72. The zero-order valence-corrected chi connectivity index (χ0v) is 16.2. The molecule has 2 aromatic rings. The molecule has 0 aliphatic carbocycles. The van der Waals surface area contributed by atoms with Gasteiger partial charge in [-0.05, 0) is 19.1 Å². The second-order valence-electron chi connectivity index (χ2n) is 5.54. The van der Waals surface area contributed by atoms with Crippen LogP contribution >= 0.6 is 23.5 Å². The van der Waals surface area contributed by atoms with Gasteiger partial charge in [-0.25, -0.2) is 0 Å². The van der Waals surface area contributed by atoms with E-state index in [0.717, 1.165) is 5.75 Å². The number of amides is 1. The van der Waals surface area contributed by atoms with Crippen LogP contribution in [-0.4, -0.2) is 68.5 Å². The first-order valence-electron chi connectivity index (χ1n) is 8.21. The Balaban J connectivity index is 1.62. The van der Waals surface area contributed by atoms with Crippen molar-refractivity contribution in [1.29, 1.82) is 0 Å². The molecule has 10 heteroatoms. The van der Waals surface area contributed by atoms with Gasteiger partial charge in [0.25, 0.3) is 0 Å². The molecule has 140 valence electrons. The molecule has 0 bridgehead atoms. The number of thioether (sulfide) groups is 2. The zero-order chi connectivity index (χ0) is 18.5. The number of hydrogen-bond donors (Lipinski definition) is 0. The van der Waals surface area contributed by atoms with Gasteiger partial charge < -0.3 is 14.1 Å². The molecule has 0 radical (unpaired) electrons. The van der Waals surface area contributed by atoms with Crippen LogP contribution in [0.2, 0.25) is 0 Å². The average molecular weight is 396 g/mol. The maximum absolute atomic E-state index is 12.5. The predicted molar refractivity (Wildman–Crippen MR) is 99.0 cm³/mol. The Morgan fingerprint density at radius 1 is 1.46 bits per heavy atom. The lowest BCUT2D eigenvalue weighted by molar-refractivity contribution is -0.141. The van der Waals surface area contributed by atoms with Crippen molar-refractivity contribution in [1.82, 2.24) is 19.7 Å². The minimum absolute atomic E-state index is 0.0191. The molecule has 2 aromatic heterocycles. The lowest BCUT2D eigenvalue weighted by Gasteiger charge is -2.30. The SMILES string of the molecule is CCn1c(SCC(=O)N2CCS[C@@H](C(=O)OC)C2)nnc1-c1ccco1. The molecule has 8 nitrogen and oxygen atoms in total. The third kappa shape index (κ3) is 4.07. The number of carbonyl (C=O) groups excluding carboxylic acids is 2. The Morgan fingerprint density at radius 3 is 3.00 bits per heavy atom. The number of ether oxygens (including phenoxy) is 1. The predicted octanol–water partition coefficient (Wildman–Crippen LogP) is 1.77. The maximum Gasteiger partial charge on any atom is 0.320 e. The number of esters is 1. The summed E-state index contributed by atoms with van der Waals surface area (Å²) < 4.78 is 12.1. The van der Waals surface area contributed by atoms with E-state index in [4.69, 9.17) is 9.15 Å². The van der Waals surface area contributed by atoms with E-state index in [9.17, 15) is 9.59 Å². The van der Waals surface area contributed by atoms with Crippen molar-refractivity contribution in [2.24, 2.45) is 0 Å². The lowest BCUT2D eigenvalue weighted by atomic mass is 10.3. The van der Waals surface area contributed by atoms with E-state index in [0.29, 0.717) is 36.4 Å². The van der Waals surface area contributed by atoms with Crippen molar-refractivity contribution >= 4 is 35.4 Å². The molecule has 1 amide bonds. The fourth-order valence-corrected chi connectivity index (χ4v) is 4.67. The second kappa shape index (κ2) is 8.63. The van der Waals surface area contributed by atoms with Gasteiger partial charge in [-0.1, -0.05) is 11.8 Å². The van der Waals surface area contributed by atoms with Gasteiger partial charge in [0, 0.05) is 25.4 Å². The Hall–Kier alpha value is -1.94. The summed E-state index contributed by atoms with van der Waals surface area (Å²) in [6, 6.07) is 3.63. The number of methoxy groups -OCH3 is 1. The standard InChI is InChI=1S/C16H20N4O4S2/c1-3-20-14(11-5-4-7-24-11)17-18-16(20)26-10-13(21)19-6-8-25-12(9-19)15(22)23-2/h4-5,7,12H,3,6,8-10H2,1-2H3/t12-/m1/s1. The maximum atomic E-state index is 12.5. The average Bonchev–Trinajstić information content (AvgIpc) is 3.34. The molecular weight excluding hydrogens is 376 g/mol. The number of rotatable bonds is 6. The van der Waals surface area contributed by atoms with Gasteiger partial charge in [0.05, 0.1) is 19.1 Å². The molecule has 0 aromatic carbocycles. The highest BCUT2D eigenvalue weighted by atomic mass is 32.2.